The number of carbonyl (C=O) groups is 1. The summed E-state index contributed by atoms with van der Waals surface area (Å²) in [5.74, 6) is 0.115. The average molecular weight is 305 g/mol. The molecule has 2 nitrogen and oxygen atoms in total. The molecule has 1 aromatic carbocycles. The maximum absolute atomic E-state index is 11.6. The number of Topliss-reactive ketones (excluding diaryl/α,β-unsaturated/α-hetero) is 1. The molecule has 0 fully saturated rings. The Morgan fingerprint density at radius 1 is 1.11 bits per heavy atom. The number of rotatable bonds is 5. The molecule has 3 heteroatoms. The molecule has 0 amide bonds. The van der Waals surface area contributed by atoms with Gasteiger partial charge in [0.2, 0.25) is 0 Å². The van der Waals surface area contributed by atoms with E-state index in [0.717, 1.165) is 18.5 Å². The molecule has 0 bridgehead atoms. The van der Waals surface area contributed by atoms with Crippen LogP contribution in [-0.4, -0.2) is 11.1 Å². The first kappa shape index (κ1) is 13.0. The van der Waals surface area contributed by atoms with E-state index >= 15 is 0 Å². The molecule has 1 aromatic heterocycles. The Balaban J connectivity index is 2.04. The van der Waals surface area contributed by atoms with E-state index in [2.05, 4.69) is 32.6 Å². The monoisotopic (exact) mass is 304 g/mol. The van der Waals surface area contributed by atoms with Crippen LogP contribution < -0.4 is 4.57 Å². The number of nitrogens with zero attached hydrogens (tertiary/aromatic N) is 1. The number of hydrogen-bond acceptors (Lipinski definition) is 1. The summed E-state index contributed by atoms with van der Waals surface area (Å²) in [5.41, 5.74) is 2.06. The summed E-state index contributed by atoms with van der Waals surface area (Å²) in [6.07, 6.45) is 4.87. The summed E-state index contributed by atoms with van der Waals surface area (Å²) in [6, 6.07) is 14.1. The molecule has 2 aromatic rings. The summed E-state index contributed by atoms with van der Waals surface area (Å²) >= 11 is 3.19. The lowest BCUT2D eigenvalue weighted by atomic mass is 10.1. The van der Waals surface area contributed by atoms with Crippen LogP contribution in [0.1, 0.15) is 15.9 Å². The lowest BCUT2D eigenvalue weighted by molar-refractivity contribution is -0.696. The van der Waals surface area contributed by atoms with Gasteiger partial charge in [-0.25, -0.2) is 4.57 Å². The van der Waals surface area contributed by atoms with Crippen LogP contribution in [-0.2, 0) is 13.0 Å². The summed E-state index contributed by atoms with van der Waals surface area (Å²) < 4.78 is 2.06. The number of aromatic nitrogens is 1. The Kier molecular flexibility index (Phi) is 4.65. The lowest BCUT2D eigenvalue weighted by Crippen LogP contribution is -2.34. The van der Waals surface area contributed by atoms with Gasteiger partial charge in [-0.15, -0.1) is 0 Å². The van der Waals surface area contributed by atoms with Gasteiger partial charge in [-0.2, -0.15) is 0 Å². The van der Waals surface area contributed by atoms with Crippen molar-refractivity contribution in [1.29, 1.82) is 0 Å². The molecule has 2 rings (SSSR count). The van der Waals surface area contributed by atoms with E-state index in [1.807, 2.05) is 42.7 Å². The zero-order valence-electron chi connectivity index (χ0n) is 10.1. The molecule has 0 aliphatic rings. The number of alkyl halides is 1. The van der Waals surface area contributed by atoms with E-state index in [9.17, 15) is 4.79 Å². The van der Waals surface area contributed by atoms with Crippen LogP contribution in [0.5, 0.6) is 0 Å². The SMILES string of the molecule is O=C(CBr)c1ccc[n+](CCc2ccccc2)c1. The largest absolute Gasteiger partial charge is 0.293 e. The molecule has 0 N–H and O–H groups in total. The minimum Gasteiger partial charge on any atom is -0.293 e. The van der Waals surface area contributed by atoms with Crippen molar-refractivity contribution < 1.29 is 9.36 Å². The first-order valence-corrected chi connectivity index (χ1v) is 7.04. The first-order chi connectivity index (χ1) is 8.79. The van der Waals surface area contributed by atoms with E-state index in [1.54, 1.807) is 0 Å². The number of carbonyl (C=O) groups excluding carboxylic acids is 1. The third-order valence-corrected chi connectivity index (χ3v) is 3.31. The molecule has 0 aliphatic heterocycles. The Morgan fingerprint density at radius 2 is 1.89 bits per heavy atom. The second-order valence-electron chi connectivity index (χ2n) is 4.12. The maximum Gasteiger partial charge on any atom is 0.179 e. The fourth-order valence-electron chi connectivity index (χ4n) is 1.81. The van der Waals surface area contributed by atoms with Crippen molar-refractivity contribution in [3.05, 3.63) is 66.0 Å². The Morgan fingerprint density at radius 3 is 2.61 bits per heavy atom. The van der Waals surface area contributed by atoms with Crippen LogP contribution >= 0.6 is 15.9 Å². The predicted octanol–water partition coefficient (Wildman–Crippen LogP) is 2.79. The minimum atomic E-state index is 0.115. The van der Waals surface area contributed by atoms with Gasteiger partial charge in [0.15, 0.2) is 24.7 Å². The molecule has 0 radical (unpaired) electrons. The van der Waals surface area contributed by atoms with Crippen LogP contribution in [0.4, 0.5) is 0 Å². The van der Waals surface area contributed by atoms with Crippen LogP contribution in [0.2, 0.25) is 0 Å². The van der Waals surface area contributed by atoms with Gasteiger partial charge in [-0.3, -0.25) is 4.79 Å². The first-order valence-electron chi connectivity index (χ1n) is 5.92. The van der Waals surface area contributed by atoms with Gasteiger partial charge in [0.05, 0.1) is 10.9 Å². The molecule has 1 heterocycles. The van der Waals surface area contributed by atoms with Gasteiger partial charge >= 0.3 is 0 Å². The third kappa shape index (κ3) is 3.50. The van der Waals surface area contributed by atoms with Crippen LogP contribution in [0.25, 0.3) is 0 Å². The molecule has 0 saturated carbocycles. The van der Waals surface area contributed by atoms with E-state index < -0.39 is 0 Å². The molecule has 0 aliphatic carbocycles. The summed E-state index contributed by atoms with van der Waals surface area (Å²) in [4.78, 5) is 11.6. The Bertz CT molecular complexity index is 525. The Hall–Kier alpha value is -1.48. The summed E-state index contributed by atoms with van der Waals surface area (Å²) in [5, 5.41) is 0.371. The van der Waals surface area contributed by atoms with E-state index in [0.29, 0.717) is 5.33 Å². The number of ketones is 1. The van der Waals surface area contributed by atoms with Crippen molar-refractivity contribution in [2.75, 3.05) is 5.33 Å². The van der Waals surface area contributed by atoms with E-state index in [-0.39, 0.29) is 5.78 Å². The van der Waals surface area contributed by atoms with Gasteiger partial charge in [0.25, 0.3) is 0 Å². The number of halogens is 1. The van der Waals surface area contributed by atoms with Crippen LogP contribution in [0.15, 0.2) is 54.9 Å². The van der Waals surface area contributed by atoms with Crippen molar-refractivity contribution in [2.45, 2.75) is 13.0 Å². The maximum atomic E-state index is 11.6. The van der Waals surface area contributed by atoms with E-state index in [4.69, 9.17) is 0 Å². The molecule has 0 saturated heterocycles. The van der Waals surface area contributed by atoms with Crippen molar-refractivity contribution in [3.8, 4) is 0 Å². The molecular weight excluding hydrogens is 290 g/mol. The number of benzene rings is 1. The van der Waals surface area contributed by atoms with Gasteiger partial charge in [0.1, 0.15) is 0 Å². The zero-order chi connectivity index (χ0) is 12.8. The van der Waals surface area contributed by atoms with Crippen molar-refractivity contribution in [1.82, 2.24) is 0 Å². The number of aryl methyl sites for hydroxylation is 2. The molecule has 0 spiro atoms. The molecule has 92 valence electrons. The zero-order valence-corrected chi connectivity index (χ0v) is 11.6. The average Bonchev–Trinajstić information content (AvgIpc) is 2.45. The van der Waals surface area contributed by atoms with Gasteiger partial charge < -0.3 is 0 Å². The summed E-state index contributed by atoms with van der Waals surface area (Å²) in [6.45, 7) is 0.882. The molecule has 18 heavy (non-hydrogen) atoms. The standard InChI is InChI=1S/C15H15BrNO/c16-11-15(18)14-7-4-9-17(12-14)10-8-13-5-2-1-3-6-13/h1-7,9,12H,8,10-11H2/q+1. The third-order valence-electron chi connectivity index (χ3n) is 2.80. The second-order valence-corrected chi connectivity index (χ2v) is 4.68. The van der Waals surface area contributed by atoms with Gasteiger partial charge in [-0.1, -0.05) is 46.3 Å². The van der Waals surface area contributed by atoms with Gasteiger partial charge in [0, 0.05) is 12.5 Å². The predicted molar refractivity (Wildman–Crippen MR) is 74.9 cm³/mol. The van der Waals surface area contributed by atoms with Gasteiger partial charge in [-0.05, 0) is 11.6 Å². The molecule has 0 atom stereocenters. The van der Waals surface area contributed by atoms with Crippen molar-refractivity contribution in [3.63, 3.8) is 0 Å². The minimum absolute atomic E-state index is 0.115. The molecular formula is C15H15BrNO+. The summed E-state index contributed by atoms with van der Waals surface area (Å²) in [7, 11) is 0. The van der Waals surface area contributed by atoms with Crippen LogP contribution in [0, 0.1) is 0 Å². The molecule has 0 unspecified atom stereocenters. The fraction of sp³-hybridized carbons (Fsp3) is 0.200. The Labute approximate surface area is 115 Å². The van der Waals surface area contributed by atoms with Crippen LogP contribution in [0.3, 0.4) is 0 Å². The second kappa shape index (κ2) is 6.45. The van der Waals surface area contributed by atoms with Crippen molar-refractivity contribution >= 4 is 21.7 Å². The lowest BCUT2D eigenvalue weighted by Gasteiger charge is -2.00. The normalized spacial score (nSPS) is 10.3. The van der Waals surface area contributed by atoms with E-state index in [1.165, 1.54) is 5.56 Å². The highest BCUT2D eigenvalue weighted by Gasteiger charge is 2.09. The fourth-order valence-corrected chi connectivity index (χ4v) is 2.13. The highest BCUT2D eigenvalue weighted by Crippen LogP contribution is 2.01. The number of hydrogen-bond donors (Lipinski definition) is 0. The highest BCUT2D eigenvalue weighted by atomic mass is 79.9. The number of pyridine rings is 1. The smallest absolute Gasteiger partial charge is 0.179 e. The van der Waals surface area contributed by atoms with Crippen molar-refractivity contribution in [2.24, 2.45) is 0 Å². The quantitative estimate of drug-likeness (QED) is 0.473. The highest BCUT2D eigenvalue weighted by molar-refractivity contribution is 9.09. The topological polar surface area (TPSA) is 20.9 Å².